The molecular formula is C13H18N2O3S. The van der Waals surface area contributed by atoms with Crippen LogP contribution in [0.2, 0.25) is 0 Å². The first-order chi connectivity index (χ1) is 9.00. The number of carboxylic acids is 1. The number of amides is 1. The Hall–Kier alpha value is -1.40. The first-order valence-corrected chi connectivity index (χ1v) is 7.12. The van der Waals surface area contributed by atoms with Gasteiger partial charge in [0.15, 0.2) is 0 Å². The predicted molar refractivity (Wildman–Crippen MR) is 73.5 cm³/mol. The molecule has 1 amide bonds. The van der Waals surface area contributed by atoms with E-state index in [1.165, 1.54) is 16.2 Å². The van der Waals surface area contributed by atoms with Crippen LogP contribution >= 0.6 is 11.3 Å². The minimum atomic E-state index is -0.920. The molecule has 1 fully saturated rings. The number of aliphatic carboxylic acids is 1. The number of thiophene rings is 1. The van der Waals surface area contributed by atoms with Gasteiger partial charge in [-0.2, -0.15) is 0 Å². The second-order valence-corrected chi connectivity index (χ2v) is 5.92. The van der Waals surface area contributed by atoms with Crippen molar-refractivity contribution in [3.05, 3.63) is 22.4 Å². The molecule has 5 nitrogen and oxygen atoms in total. The Bertz CT molecular complexity index is 458. The van der Waals surface area contributed by atoms with Gasteiger partial charge in [0.1, 0.15) is 6.04 Å². The summed E-state index contributed by atoms with van der Waals surface area (Å²) in [6.45, 7) is 0.497. The highest BCUT2D eigenvalue weighted by Gasteiger charge is 2.37. The third kappa shape index (κ3) is 2.96. The van der Waals surface area contributed by atoms with Crippen LogP contribution in [0.4, 0.5) is 0 Å². The van der Waals surface area contributed by atoms with Crippen LogP contribution in [-0.4, -0.2) is 59.5 Å². The van der Waals surface area contributed by atoms with Crippen LogP contribution in [0.3, 0.4) is 0 Å². The van der Waals surface area contributed by atoms with Gasteiger partial charge in [0.2, 0.25) is 0 Å². The van der Waals surface area contributed by atoms with E-state index >= 15 is 0 Å². The molecule has 0 bridgehead atoms. The molecule has 1 saturated heterocycles. The van der Waals surface area contributed by atoms with Gasteiger partial charge in [0.05, 0.1) is 4.88 Å². The molecule has 6 heteroatoms. The van der Waals surface area contributed by atoms with Crippen molar-refractivity contribution in [1.29, 1.82) is 0 Å². The van der Waals surface area contributed by atoms with Gasteiger partial charge in [0, 0.05) is 12.6 Å². The molecular weight excluding hydrogens is 264 g/mol. The Kier molecular flexibility index (Phi) is 4.21. The molecule has 19 heavy (non-hydrogen) atoms. The molecule has 0 unspecified atom stereocenters. The highest BCUT2D eigenvalue weighted by Crippen LogP contribution is 2.24. The predicted octanol–water partition coefficient (Wildman–Crippen LogP) is 1.37. The standard InChI is InChI=1S/C13H18N2O3S/c1-14(2)9-5-6-15(10(8-9)13(17)18)12(16)11-4-3-7-19-11/h3-4,7,9-10H,5-6,8H2,1-2H3,(H,17,18)/t9-,10-/m1/s1. The van der Waals surface area contributed by atoms with Crippen molar-refractivity contribution in [3.63, 3.8) is 0 Å². The smallest absolute Gasteiger partial charge is 0.326 e. The quantitative estimate of drug-likeness (QED) is 0.909. The molecule has 0 aromatic carbocycles. The van der Waals surface area contributed by atoms with Crippen LogP contribution in [0.1, 0.15) is 22.5 Å². The zero-order valence-corrected chi connectivity index (χ0v) is 11.9. The van der Waals surface area contributed by atoms with Gasteiger partial charge in [-0.25, -0.2) is 4.79 Å². The number of hydrogen-bond donors (Lipinski definition) is 1. The van der Waals surface area contributed by atoms with E-state index < -0.39 is 12.0 Å². The van der Waals surface area contributed by atoms with E-state index in [0.717, 1.165) is 6.42 Å². The molecule has 0 aliphatic carbocycles. The first-order valence-electron chi connectivity index (χ1n) is 6.24. The molecule has 0 saturated carbocycles. The van der Waals surface area contributed by atoms with Gasteiger partial charge in [0.25, 0.3) is 5.91 Å². The lowest BCUT2D eigenvalue weighted by atomic mass is 9.96. The van der Waals surface area contributed by atoms with E-state index in [9.17, 15) is 14.7 Å². The Balaban J connectivity index is 2.16. The van der Waals surface area contributed by atoms with Crippen LogP contribution in [0, 0.1) is 0 Å². The van der Waals surface area contributed by atoms with Gasteiger partial charge in [-0.15, -0.1) is 11.3 Å². The Labute approximate surface area is 116 Å². The number of hydrogen-bond acceptors (Lipinski definition) is 4. The summed E-state index contributed by atoms with van der Waals surface area (Å²) >= 11 is 1.35. The van der Waals surface area contributed by atoms with Crippen molar-refractivity contribution in [2.24, 2.45) is 0 Å². The average Bonchev–Trinajstić information content (AvgIpc) is 2.90. The maximum Gasteiger partial charge on any atom is 0.326 e. The number of carbonyl (C=O) groups excluding carboxylic acids is 1. The van der Waals surface area contributed by atoms with Crippen molar-refractivity contribution in [2.45, 2.75) is 24.9 Å². The molecule has 1 aliphatic rings. The molecule has 1 aromatic heterocycles. The minimum absolute atomic E-state index is 0.167. The molecule has 2 rings (SSSR count). The third-order valence-corrected chi connectivity index (χ3v) is 4.44. The van der Waals surface area contributed by atoms with E-state index in [2.05, 4.69) is 0 Å². The summed E-state index contributed by atoms with van der Waals surface area (Å²) in [4.78, 5) is 27.8. The van der Waals surface area contributed by atoms with Crippen LogP contribution in [0.5, 0.6) is 0 Å². The number of rotatable bonds is 3. The SMILES string of the molecule is CN(C)[C@@H]1CCN(C(=O)c2cccs2)[C@@H](C(=O)O)C1. The number of carboxylic acid groups (broad SMARTS) is 1. The minimum Gasteiger partial charge on any atom is -0.480 e. The molecule has 1 aromatic rings. The number of nitrogens with zero attached hydrogens (tertiary/aromatic N) is 2. The van der Waals surface area contributed by atoms with Gasteiger partial charge < -0.3 is 14.9 Å². The largest absolute Gasteiger partial charge is 0.480 e. The summed E-state index contributed by atoms with van der Waals surface area (Å²) in [5, 5.41) is 11.2. The molecule has 0 radical (unpaired) electrons. The van der Waals surface area contributed by atoms with Crippen molar-refractivity contribution in [1.82, 2.24) is 9.80 Å². The molecule has 0 spiro atoms. The normalized spacial score (nSPS) is 23.6. The summed E-state index contributed by atoms with van der Waals surface area (Å²) < 4.78 is 0. The molecule has 104 valence electrons. The summed E-state index contributed by atoms with van der Waals surface area (Å²) in [6.07, 6.45) is 1.30. The van der Waals surface area contributed by atoms with Crippen molar-refractivity contribution in [3.8, 4) is 0 Å². The van der Waals surface area contributed by atoms with E-state index in [4.69, 9.17) is 0 Å². The highest BCUT2D eigenvalue weighted by molar-refractivity contribution is 7.12. The summed E-state index contributed by atoms with van der Waals surface area (Å²) in [6, 6.07) is 3.04. The van der Waals surface area contributed by atoms with Crippen LogP contribution in [0.25, 0.3) is 0 Å². The monoisotopic (exact) mass is 282 g/mol. The number of carbonyl (C=O) groups is 2. The average molecular weight is 282 g/mol. The van der Waals surface area contributed by atoms with Crippen LogP contribution in [-0.2, 0) is 4.79 Å². The van der Waals surface area contributed by atoms with Crippen molar-refractivity contribution >= 4 is 23.2 Å². The topological polar surface area (TPSA) is 60.9 Å². The lowest BCUT2D eigenvalue weighted by Gasteiger charge is -2.39. The van der Waals surface area contributed by atoms with Gasteiger partial charge >= 0.3 is 5.97 Å². The van der Waals surface area contributed by atoms with Crippen LogP contribution < -0.4 is 0 Å². The lowest BCUT2D eigenvalue weighted by molar-refractivity contribution is -0.144. The van der Waals surface area contributed by atoms with Crippen molar-refractivity contribution < 1.29 is 14.7 Å². The Morgan fingerprint density at radius 3 is 2.74 bits per heavy atom. The Morgan fingerprint density at radius 1 is 1.47 bits per heavy atom. The zero-order valence-electron chi connectivity index (χ0n) is 11.1. The van der Waals surface area contributed by atoms with Gasteiger partial charge in [-0.3, -0.25) is 4.79 Å². The van der Waals surface area contributed by atoms with Gasteiger partial charge in [-0.1, -0.05) is 6.07 Å². The molecule has 1 N–H and O–H groups in total. The number of likely N-dealkylation sites (tertiary alicyclic amines) is 1. The second kappa shape index (κ2) is 5.71. The summed E-state index contributed by atoms with van der Waals surface area (Å²) in [5.74, 6) is -1.09. The molecule has 2 heterocycles. The fourth-order valence-electron chi connectivity index (χ4n) is 2.43. The van der Waals surface area contributed by atoms with E-state index in [1.54, 1.807) is 12.1 Å². The molecule has 2 atom stereocenters. The lowest BCUT2D eigenvalue weighted by Crippen LogP contribution is -2.53. The number of piperidine rings is 1. The highest BCUT2D eigenvalue weighted by atomic mass is 32.1. The first kappa shape index (κ1) is 14.0. The fraction of sp³-hybridized carbons (Fsp3) is 0.538. The second-order valence-electron chi connectivity index (χ2n) is 4.97. The van der Waals surface area contributed by atoms with Gasteiger partial charge in [-0.05, 0) is 38.4 Å². The summed E-state index contributed by atoms with van der Waals surface area (Å²) in [5.41, 5.74) is 0. The summed E-state index contributed by atoms with van der Waals surface area (Å²) in [7, 11) is 3.89. The fourth-order valence-corrected chi connectivity index (χ4v) is 3.11. The maximum atomic E-state index is 12.3. The van der Waals surface area contributed by atoms with Crippen molar-refractivity contribution in [2.75, 3.05) is 20.6 Å². The molecule has 1 aliphatic heterocycles. The zero-order chi connectivity index (χ0) is 14.0. The van der Waals surface area contributed by atoms with E-state index in [1.807, 2.05) is 24.4 Å². The van der Waals surface area contributed by atoms with Crippen LogP contribution in [0.15, 0.2) is 17.5 Å². The maximum absolute atomic E-state index is 12.3. The van der Waals surface area contributed by atoms with E-state index in [-0.39, 0.29) is 11.9 Å². The Morgan fingerprint density at radius 2 is 2.21 bits per heavy atom. The third-order valence-electron chi connectivity index (χ3n) is 3.58. The van der Waals surface area contributed by atoms with E-state index in [0.29, 0.717) is 17.8 Å².